The molecule has 5 heteroatoms. The summed E-state index contributed by atoms with van der Waals surface area (Å²) in [5.74, 6) is 1.31. The van der Waals surface area contributed by atoms with E-state index in [0.29, 0.717) is 17.2 Å². The molecule has 0 saturated heterocycles. The summed E-state index contributed by atoms with van der Waals surface area (Å²) < 4.78 is 5.48. The SMILES string of the molecule is C1=COc2cccc(c2)N=c2nc3c(c(n2)N=C1)=CC=C3. The lowest BCUT2D eigenvalue weighted by atomic mass is 10.3. The number of allylic oxidation sites excluding steroid dienone is 2. The summed E-state index contributed by atoms with van der Waals surface area (Å²) in [5, 5.41) is 0.908. The molecular weight excluding hydrogens is 264 g/mol. The van der Waals surface area contributed by atoms with Crippen molar-refractivity contribution in [1.29, 1.82) is 0 Å². The van der Waals surface area contributed by atoms with Gasteiger partial charge in [0.15, 0.2) is 5.82 Å². The lowest BCUT2D eigenvalue weighted by Gasteiger charge is -2.02. The summed E-state index contributed by atoms with van der Waals surface area (Å²) >= 11 is 0. The molecule has 2 heterocycles. The van der Waals surface area contributed by atoms with Gasteiger partial charge in [0, 0.05) is 17.5 Å². The molecule has 0 atom stereocenters. The van der Waals surface area contributed by atoms with Gasteiger partial charge in [-0.25, -0.2) is 15.0 Å². The van der Waals surface area contributed by atoms with E-state index >= 15 is 0 Å². The average Bonchev–Trinajstić information content (AvgIpc) is 2.95. The highest BCUT2D eigenvalue weighted by atomic mass is 16.5. The number of aromatic nitrogens is 2. The molecular formula is C16H10N4O. The Hall–Kier alpha value is -3.08. The van der Waals surface area contributed by atoms with Gasteiger partial charge in [0.25, 0.3) is 5.62 Å². The van der Waals surface area contributed by atoms with E-state index < -0.39 is 0 Å². The molecule has 1 aliphatic heterocycles. The number of hydrogen-bond acceptors (Lipinski definition) is 5. The van der Waals surface area contributed by atoms with E-state index in [2.05, 4.69) is 20.0 Å². The quantitative estimate of drug-likeness (QED) is 0.736. The Morgan fingerprint density at radius 2 is 2.05 bits per heavy atom. The van der Waals surface area contributed by atoms with Gasteiger partial charge in [-0.05, 0) is 30.4 Å². The zero-order valence-electron chi connectivity index (χ0n) is 11.0. The molecule has 0 radical (unpaired) electrons. The Kier molecular flexibility index (Phi) is 2.67. The van der Waals surface area contributed by atoms with Crippen LogP contribution < -0.4 is 15.6 Å². The molecule has 5 nitrogen and oxygen atoms in total. The molecule has 0 fully saturated rings. The summed E-state index contributed by atoms with van der Waals surface area (Å²) in [4.78, 5) is 17.6. The number of ether oxygens (including phenoxy) is 1. The molecule has 4 rings (SSSR count). The maximum absolute atomic E-state index is 5.48. The minimum absolute atomic E-state index is 0.391. The number of hydrogen-bond donors (Lipinski definition) is 0. The van der Waals surface area contributed by atoms with Crippen molar-refractivity contribution in [3.05, 3.63) is 59.2 Å². The zero-order chi connectivity index (χ0) is 14.1. The van der Waals surface area contributed by atoms with Gasteiger partial charge in [-0.15, -0.1) is 0 Å². The second-order valence-electron chi connectivity index (χ2n) is 4.51. The van der Waals surface area contributed by atoms with Crippen molar-refractivity contribution in [2.24, 2.45) is 9.98 Å². The monoisotopic (exact) mass is 274 g/mol. The predicted octanol–water partition coefficient (Wildman–Crippen LogP) is 1.84. The summed E-state index contributed by atoms with van der Waals surface area (Å²) in [6.07, 6.45) is 10.7. The molecule has 100 valence electrons. The number of benzene rings is 1. The highest BCUT2D eigenvalue weighted by Gasteiger charge is 2.06. The van der Waals surface area contributed by atoms with E-state index in [1.54, 1.807) is 18.6 Å². The molecule has 2 aromatic rings. The van der Waals surface area contributed by atoms with Gasteiger partial charge >= 0.3 is 0 Å². The molecule has 0 spiro atoms. The van der Waals surface area contributed by atoms with E-state index in [1.807, 2.05) is 42.5 Å². The van der Waals surface area contributed by atoms with E-state index in [1.165, 1.54) is 0 Å². The zero-order valence-corrected chi connectivity index (χ0v) is 11.0. The largest absolute Gasteiger partial charge is 0.465 e. The van der Waals surface area contributed by atoms with Gasteiger partial charge in [0.2, 0.25) is 0 Å². The maximum atomic E-state index is 5.48. The first-order valence-corrected chi connectivity index (χ1v) is 6.50. The van der Waals surface area contributed by atoms with Crippen molar-refractivity contribution in [3.63, 3.8) is 0 Å². The van der Waals surface area contributed by atoms with Gasteiger partial charge in [0.05, 0.1) is 17.6 Å². The molecule has 0 N–H and O–H groups in total. The van der Waals surface area contributed by atoms with Crippen LogP contribution in [-0.4, -0.2) is 16.2 Å². The van der Waals surface area contributed by atoms with Gasteiger partial charge in [-0.3, -0.25) is 0 Å². The summed E-state index contributed by atoms with van der Waals surface area (Å²) in [6.45, 7) is 0. The lowest BCUT2D eigenvalue weighted by Crippen LogP contribution is -2.21. The standard InChI is InChI=1S/C16H10N4O/c1-4-11-10-12(5-1)21-9-3-8-17-15-13-6-2-7-14(13)19-16(18-11)20-15/h1-10H. The topological polar surface area (TPSA) is 59.7 Å². The Morgan fingerprint density at radius 3 is 3.05 bits per heavy atom. The Morgan fingerprint density at radius 1 is 1.05 bits per heavy atom. The van der Waals surface area contributed by atoms with Crippen LogP contribution in [0.25, 0.3) is 12.2 Å². The fourth-order valence-corrected chi connectivity index (χ4v) is 2.14. The smallest absolute Gasteiger partial charge is 0.252 e. The first-order valence-electron chi connectivity index (χ1n) is 6.50. The van der Waals surface area contributed by atoms with Crippen LogP contribution in [0.2, 0.25) is 0 Å². The van der Waals surface area contributed by atoms with Crippen molar-refractivity contribution in [2.45, 2.75) is 0 Å². The van der Waals surface area contributed by atoms with Crippen LogP contribution in [0.15, 0.2) is 52.7 Å². The summed E-state index contributed by atoms with van der Waals surface area (Å²) in [5.41, 5.74) is 1.97. The number of aliphatic imine (C=N–C) groups is 1. The Balaban J connectivity index is 2.01. The third kappa shape index (κ3) is 2.25. The molecule has 0 saturated carbocycles. The third-order valence-electron chi connectivity index (χ3n) is 3.07. The Labute approximate surface area is 120 Å². The molecule has 1 aliphatic carbocycles. The van der Waals surface area contributed by atoms with Gasteiger partial charge < -0.3 is 4.74 Å². The fourth-order valence-electron chi connectivity index (χ4n) is 2.14. The normalized spacial score (nSPS) is 14.3. The van der Waals surface area contributed by atoms with Crippen molar-refractivity contribution < 1.29 is 4.74 Å². The first-order chi connectivity index (χ1) is 10.4. The van der Waals surface area contributed by atoms with Crippen LogP contribution in [0.5, 0.6) is 5.75 Å². The number of nitrogens with zero attached hydrogens (tertiary/aromatic N) is 4. The average molecular weight is 274 g/mol. The molecule has 4 bridgehead atoms. The molecule has 0 amide bonds. The minimum atomic E-state index is 0.391. The van der Waals surface area contributed by atoms with Gasteiger partial charge in [-0.1, -0.05) is 12.1 Å². The van der Waals surface area contributed by atoms with E-state index in [9.17, 15) is 0 Å². The second kappa shape index (κ2) is 4.79. The van der Waals surface area contributed by atoms with Gasteiger partial charge in [0.1, 0.15) is 5.75 Å². The van der Waals surface area contributed by atoms with Crippen molar-refractivity contribution in [1.82, 2.24) is 9.97 Å². The number of fused-ring (bicyclic) bond motifs is 6. The molecule has 21 heavy (non-hydrogen) atoms. The minimum Gasteiger partial charge on any atom is -0.465 e. The molecule has 1 aromatic heterocycles. The van der Waals surface area contributed by atoms with Crippen LogP contribution >= 0.6 is 0 Å². The highest BCUT2D eigenvalue weighted by molar-refractivity contribution is 5.75. The van der Waals surface area contributed by atoms with Crippen molar-refractivity contribution in [3.8, 4) is 5.75 Å². The molecule has 2 aliphatic rings. The highest BCUT2D eigenvalue weighted by Crippen LogP contribution is 2.19. The number of rotatable bonds is 0. The first kappa shape index (κ1) is 11.7. The fraction of sp³-hybridized carbons (Fsp3) is 0. The van der Waals surface area contributed by atoms with Crippen LogP contribution in [0.1, 0.15) is 5.69 Å². The molecule has 1 aromatic carbocycles. The summed E-state index contributed by atoms with van der Waals surface area (Å²) in [6, 6.07) is 7.45. The Bertz CT molecular complexity index is 926. The van der Waals surface area contributed by atoms with Crippen LogP contribution in [-0.2, 0) is 0 Å². The third-order valence-corrected chi connectivity index (χ3v) is 3.07. The van der Waals surface area contributed by atoms with Gasteiger partial charge in [-0.2, -0.15) is 4.98 Å². The molecule has 0 unspecified atom stereocenters. The predicted molar refractivity (Wildman–Crippen MR) is 80.3 cm³/mol. The van der Waals surface area contributed by atoms with E-state index in [0.717, 1.165) is 16.6 Å². The maximum Gasteiger partial charge on any atom is 0.252 e. The van der Waals surface area contributed by atoms with Crippen molar-refractivity contribution >= 4 is 29.9 Å². The van der Waals surface area contributed by atoms with Crippen LogP contribution in [0.3, 0.4) is 0 Å². The van der Waals surface area contributed by atoms with E-state index in [4.69, 9.17) is 4.74 Å². The van der Waals surface area contributed by atoms with Crippen LogP contribution in [0, 0.1) is 0 Å². The van der Waals surface area contributed by atoms with Crippen LogP contribution in [0.4, 0.5) is 11.5 Å². The summed E-state index contributed by atoms with van der Waals surface area (Å²) in [7, 11) is 0. The van der Waals surface area contributed by atoms with E-state index in [-0.39, 0.29) is 0 Å². The lowest BCUT2D eigenvalue weighted by molar-refractivity contribution is 0.482. The van der Waals surface area contributed by atoms with Crippen molar-refractivity contribution in [2.75, 3.05) is 0 Å². The second-order valence-corrected chi connectivity index (χ2v) is 4.51.